The number of para-hydroxylation sites is 1. The SMILES string of the molecule is NCCC(=O)Nc1ccc(N=Nc2cc(C3CCN(CC(=O)Oc4ccccc4N=Nc4ccc(NC(=O)CN)nc4N)C3)ccc2OC(=O)CN2CCCC2)c(N)n1. The van der Waals surface area contributed by atoms with E-state index in [2.05, 4.69) is 41.1 Å². The van der Waals surface area contributed by atoms with Gasteiger partial charge in [-0.2, -0.15) is 0 Å². The lowest BCUT2D eigenvalue weighted by atomic mass is 9.98. The Morgan fingerprint density at radius 3 is 1.88 bits per heavy atom. The first-order valence-corrected chi connectivity index (χ1v) is 19.0. The number of ether oxygens (including phenoxy) is 2. The normalized spacial score (nSPS) is 15.8. The summed E-state index contributed by atoms with van der Waals surface area (Å²) in [5, 5.41) is 22.3. The maximum atomic E-state index is 13.2. The Morgan fingerprint density at radius 2 is 1.25 bits per heavy atom. The van der Waals surface area contributed by atoms with Crippen molar-refractivity contribution >= 4 is 69.8 Å². The molecule has 59 heavy (non-hydrogen) atoms. The maximum absolute atomic E-state index is 13.2. The first-order valence-electron chi connectivity index (χ1n) is 19.0. The summed E-state index contributed by atoms with van der Waals surface area (Å²) < 4.78 is 11.5. The fourth-order valence-electron chi connectivity index (χ4n) is 6.43. The predicted molar refractivity (Wildman–Crippen MR) is 219 cm³/mol. The number of pyridine rings is 2. The molecule has 2 fully saturated rings. The third kappa shape index (κ3) is 11.9. The number of rotatable bonds is 16. The molecule has 20 nitrogen and oxygen atoms in total. The molecule has 2 aromatic carbocycles. The van der Waals surface area contributed by atoms with Crippen LogP contribution in [0.2, 0.25) is 0 Å². The van der Waals surface area contributed by atoms with E-state index < -0.39 is 17.8 Å². The number of carbonyl (C=O) groups excluding carboxylic acids is 4. The average Bonchev–Trinajstić information content (AvgIpc) is 3.91. The van der Waals surface area contributed by atoms with E-state index in [0.717, 1.165) is 37.9 Å². The van der Waals surface area contributed by atoms with E-state index in [1.807, 2.05) is 21.9 Å². The Labute approximate surface area is 339 Å². The van der Waals surface area contributed by atoms with Crippen molar-refractivity contribution in [3.8, 4) is 11.5 Å². The first-order chi connectivity index (χ1) is 28.6. The van der Waals surface area contributed by atoms with Crippen molar-refractivity contribution in [2.45, 2.75) is 31.6 Å². The molecule has 20 heteroatoms. The number of carbonyl (C=O) groups is 4. The molecule has 0 aliphatic carbocycles. The first kappa shape index (κ1) is 41.9. The number of esters is 2. The van der Waals surface area contributed by atoms with E-state index in [4.69, 9.17) is 32.4 Å². The van der Waals surface area contributed by atoms with Gasteiger partial charge in [-0.05, 0) is 98.9 Å². The number of nitrogen functional groups attached to an aromatic ring is 2. The molecule has 2 aliphatic heterocycles. The van der Waals surface area contributed by atoms with Gasteiger partial charge in [0.15, 0.2) is 23.1 Å². The van der Waals surface area contributed by atoms with Crippen molar-refractivity contribution in [2.24, 2.45) is 31.9 Å². The quantitative estimate of drug-likeness (QED) is 0.0529. The Kier molecular flexibility index (Phi) is 14.3. The second-order valence-corrected chi connectivity index (χ2v) is 13.8. The molecule has 2 aromatic heterocycles. The molecular weight excluding hydrogens is 761 g/mol. The minimum Gasteiger partial charge on any atom is -0.423 e. The van der Waals surface area contributed by atoms with Crippen LogP contribution in [0.25, 0.3) is 0 Å². The molecule has 1 unspecified atom stereocenters. The zero-order valence-corrected chi connectivity index (χ0v) is 32.3. The third-order valence-electron chi connectivity index (χ3n) is 9.37. The van der Waals surface area contributed by atoms with Crippen LogP contribution in [0.1, 0.15) is 37.2 Å². The van der Waals surface area contributed by atoms with Gasteiger partial charge in [-0.25, -0.2) is 9.97 Å². The van der Waals surface area contributed by atoms with Gasteiger partial charge in [0.05, 0.1) is 19.6 Å². The molecule has 2 saturated heterocycles. The molecule has 0 radical (unpaired) electrons. The second kappa shape index (κ2) is 20.1. The summed E-state index contributed by atoms with van der Waals surface area (Å²) in [5.74, 6) is -0.597. The van der Waals surface area contributed by atoms with Crippen molar-refractivity contribution in [3.05, 3.63) is 72.3 Å². The van der Waals surface area contributed by atoms with Crippen LogP contribution in [0, 0.1) is 0 Å². The molecule has 4 heterocycles. The van der Waals surface area contributed by atoms with E-state index in [1.54, 1.807) is 48.5 Å². The lowest BCUT2D eigenvalue weighted by Gasteiger charge is -2.17. The number of nitrogens with zero attached hydrogens (tertiary/aromatic N) is 8. The molecule has 2 amide bonds. The lowest BCUT2D eigenvalue weighted by Crippen LogP contribution is -2.30. The summed E-state index contributed by atoms with van der Waals surface area (Å²) in [4.78, 5) is 62.0. The zero-order chi connectivity index (χ0) is 41.7. The van der Waals surface area contributed by atoms with E-state index in [-0.39, 0.29) is 90.6 Å². The van der Waals surface area contributed by atoms with Gasteiger partial charge in [-0.1, -0.05) is 18.2 Å². The van der Waals surface area contributed by atoms with Crippen LogP contribution in [-0.4, -0.2) is 95.9 Å². The van der Waals surface area contributed by atoms with Crippen LogP contribution in [0.3, 0.4) is 0 Å². The number of nitrogens with two attached hydrogens (primary N) is 4. The minimum atomic E-state index is -0.486. The highest BCUT2D eigenvalue weighted by Crippen LogP contribution is 2.37. The van der Waals surface area contributed by atoms with Gasteiger partial charge < -0.3 is 43.0 Å². The summed E-state index contributed by atoms with van der Waals surface area (Å²) in [7, 11) is 0. The highest BCUT2D eigenvalue weighted by molar-refractivity contribution is 5.91. The number of hydrogen-bond acceptors (Lipinski definition) is 18. The zero-order valence-electron chi connectivity index (χ0n) is 32.3. The molecule has 6 rings (SSSR count). The number of azo groups is 2. The summed E-state index contributed by atoms with van der Waals surface area (Å²) in [6.07, 6.45) is 2.94. The monoisotopic (exact) mass is 806 g/mol. The maximum Gasteiger partial charge on any atom is 0.325 e. The molecule has 308 valence electrons. The van der Waals surface area contributed by atoms with Gasteiger partial charge in [0.25, 0.3) is 0 Å². The van der Waals surface area contributed by atoms with Gasteiger partial charge in [0.1, 0.15) is 34.4 Å². The van der Waals surface area contributed by atoms with Gasteiger partial charge in [0, 0.05) is 19.5 Å². The predicted octanol–water partition coefficient (Wildman–Crippen LogP) is 4.05. The van der Waals surface area contributed by atoms with Gasteiger partial charge >= 0.3 is 11.9 Å². The Morgan fingerprint density at radius 1 is 0.678 bits per heavy atom. The summed E-state index contributed by atoms with van der Waals surface area (Å²) in [5.41, 5.74) is 25.0. The summed E-state index contributed by atoms with van der Waals surface area (Å²) >= 11 is 0. The van der Waals surface area contributed by atoms with Crippen LogP contribution in [-0.2, 0) is 19.2 Å². The smallest absolute Gasteiger partial charge is 0.325 e. The Hall–Kier alpha value is -6.74. The fraction of sp³-hybridized carbons (Fsp3) is 0.333. The van der Waals surface area contributed by atoms with E-state index >= 15 is 0 Å². The van der Waals surface area contributed by atoms with E-state index in [9.17, 15) is 19.2 Å². The van der Waals surface area contributed by atoms with Crippen LogP contribution in [0.4, 0.5) is 46.0 Å². The fourth-order valence-corrected chi connectivity index (χ4v) is 6.43. The lowest BCUT2D eigenvalue weighted by molar-refractivity contribution is -0.136. The van der Waals surface area contributed by atoms with Crippen LogP contribution in [0.15, 0.2) is 87.2 Å². The van der Waals surface area contributed by atoms with Gasteiger partial charge in [-0.3, -0.25) is 29.0 Å². The molecule has 1 atom stereocenters. The largest absolute Gasteiger partial charge is 0.423 e. The van der Waals surface area contributed by atoms with Crippen molar-refractivity contribution < 1.29 is 28.7 Å². The average molecular weight is 807 g/mol. The number of amides is 2. The van der Waals surface area contributed by atoms with Crippen LogP contribution >= 0.6 is 0 Å². The standard InChI is InChI=1S/C39H46N14O6/c40-15-13-34(54)44-32-11-8-28(39(43)46-32)50-51-29-19-24(7-10-31(29)59-36(56)22-52-16-3-4-17-52)25-14-18-53(21-25)23-37(57)58-30-6-2-1-5-26(30)48-49-27-9-12-33(47-38(27)42)45-35(55)20-41/h1-2,5-12,19,25H,3-4,13-18,20-23,40-41H2,(H3,42,45,47,55)(H3,43,44,46,54). The number of likely N-dealkylation sites (tertiary alicyclic amines) is 2. The molecule has 2 aliphatic rings. The van der Waals surface area contributed by atoms with Crippen molar-refractivity contribution in [1.29, 1.82) is 0 Å². The number of nitrogens with one attached hydrogen (secondary N) is 2. The number of hydrogen-bond donors (Lipinski definition) is 6. The van der Waals surface area contributed by atoms with Gasteiger partial charge in [0.2, 0.25) is 11.8 Å². The van der Waals surface area contributed by atoms with Crippen LogP contribution in [0.5, 0.6) is 11.5 Å². The molecule has 10 N–H and O–H groups in total. The Balaban J connectivity index is 1.11. The van der Waals surface area contributed by atoms with Crippen molar-refractivity contribution in [3.63, 3.8) is 0 Å². The highest BCUT2D eigenvalue weighted by atomic mass is 16.5. The van der Waals surface area contributed by atoms with Crippen molar-refractivity contribution in [2.75, 3.05) is 74.5 Å². The molecule has 4 aromatic rings. The van der Waals surface area contributed by atoms with E-state index in [0.29, 0.717) is 24.5 Å². The molecule has 0 bridgehead atoms. The molecule has 0 spiro atoms. The minimum absolute atomic E-state index is 0.0164. The molecule has 0 saturated carbocycles. The highest BCUT2D eigenvalue weighted by Gasteiger charge is 2.27. The Bertz CT molecular complexity index is 2230. The van der Waals surface area contributed by atoms with E-state index in [1.165, 1.54) is 6.07 Å². The van der Waals surface area contributed by atoms with Gasteiger partial charge in [-0.15, -0.1) is 20.5 Å². The summed E-state index contributed by atoms with van der Waals surface area (Å²) in [6.45, 7) is 3.00. The van der Waals surface area contributed by atoms with Crippen LogP contribution < -0.4 is 43.0 Å². The number of benzene rings is 2. The second-order valence-electron chi connectivity index (χ2n) is 13.8. The number of anilines is 4. The third-order valence-corrected chi connectivity index (χ3v) is 9.37. The summed E-state index contributed by atoms with van der Waals surface area (Å²) in [6, 6.07) is 18.3. The molecular formula is C39H46N14O6. The van der Waals surface area contributed by atoms with Crippen molar-refractivity contribution in [1.82, 2.24) is 19.8 Å². The topological polar surface area (TPSA) is 297 Å². The number of aromatic nitrogens is 2.